The maximum atomic E-state index is 12.4. The molecule has 26 heavy (non-hydrogen) atoms. The number of carboxylic acids is 1. The van der Waals surface area contributed by atoms with Crippen LogP contribution in [0.2, 0.25) is 0 Å². The highest BCUT2D eigenvalue weighted by atomic mass is 16.4. The van der Waals surface area contributed by atoms with Gasteiger partial charge in [-0.05, 0) is 37.9 Å². The predicted octanol–water partition coefficient (Wildman–Crippen LogP) is 2.23. The number of ketones is 1. The van der Waals surface area contributed by atoms with Gasteiger partial charge in [-0.15, -0.1) is 0 Å². The molecule has 1 atom stereocenters. The van der Waals surface area contributed by atoms with Crippen molar-refractivity contribution < 1.29 is 19.5 Å². The Morgan fingerprint density at radius 2 is 1.46 bits per heavy atom. The number of unbranched alkanes of at least 4 members (excludes halogenated alkanes) is 1. The van der Waals surface area contributed by atoms with Crippen molar-refractivity contribution in [3.63, 3.8) is 0 Å². The van der Waals surface area contributed by atoms with Gasteiger partial charge in [0.1, 0.15) is 6.04 Å². The molecule has 0 aliphatic carbocycles. The summed E-state index contributed by atoms with van der Waals surface area (Å²) in [5.74, 6) is -1.70. The lowest BCUT2D eigenvalue weighted by Crippen LogP contribution is -2.40. The number of carbonyl (C=O) groups is 3. The van der Waals surface area contributed by atoms with Crippen LogP contribution in [0.5, 0.6) is 0 Å². The van der Waals surface area contributed by atoms with Gasteiger partial charge in [-0.2, -0.15) is 0 Å². The van der Waals surface area contributed by atoms with Gasteiger partial charge in [0.05, 0.1) is 0 Å². The maximum absolute atomic E-state index is 12.4. The van der Waals surface area contributed by atoms with Crippen LogP contribution in [0.4, 0.5) is 0 Å². The normalized spacial score (nSPS) is 11.6. The second-order valence-electron chi connectivity index (χ2n) is 5.92. The van der Waals surface area contributed by atoms with Gasteiger partial charge in [0.2, 0.25) is 0 Å². The zero-order chi connectivity index (χ0) is 18.9. The molecule has 136 valence electrons. The highest BCUT2D eigenvalue weighted by Crippen LogP contribution is 2.12. The SMILES string of the molecule is NCCCCC(NC(=O)c1ccc(C(=O)c2ccccc2)cc1)C(=O)O. The van der Waals surface area contributed by atoms with Crippen LogP contribution < -0.4 is 11.1 Å². The smallest absolute Gasteiger partial charge is 0.326 e. The van der Waals surface area contributed by atoms with E-state index in [1.807, 2.05) is 6.07 Å². The quantitative estimate of drug-likeness (QED) is 0.472. The van der Waals surface area contributed by atoms with E-state index in [-0.39, 0.29) is 5.78 Å². The molecule has 0 fully saturated rings. The Hall–Kier alpha value is -2.99. The van der Waals surface area contributed by atoms with Crippen molar-refractivity contribution in [1.82, 2.24) is 5.32 Å². The third kappa shape index (κ3) is 5.26. The molecule has 2 rings (SSSR count). The van der Waals surface area contributed by atoms with E-state index in [0.717, 1.165) is 0 Å². The Balaban J connectivity index is 2.03. The number of nitrogens with one attached hydrogen (secondary N) is 1. The monoisotopic (exact) mass is 354 g/mol. The van der Waals surface area contributed by atoms with Crippen LogP contribution in [0.25, 0.3) is 0 Å². The third-order valence-electron chi connectivity index (χ3n) is 4.00. The summed E-state index contributed by atoms with van der Waals surface area (Å²) < 4.78 is 0. The minimum atomic E-state index is -1.08. The predicted molar refractivity (Wildman–Crippen MR) is 98.1 cm³/mol. The zero-order valence-electron chi connectivity index (χ0n) is 14.4. The van der Waals surface area contributed by atoms with E-state index in [0.29, 0.717) is 42.5 Å². The van der Waals surface area contributed by atoms with Crippen LogP contribution in [-0.2, 0) is 4.79 Å². The summed E-state index contributed by atoms with van der Waals surface area (Å²) in [6, 6.07) is 14.1. The molecule has 0 aliphatic rings. The highest BCUT2D eigenvalue weighted by Gasteiger charge is 2.20. The number of rotatable bonds is 9. The van der Waals surface area contributed by atoms with E-state index in [1.54, 1.807) is 36.4 Å². The third-order valence-corrected chi connectivity index (χ3v) is 4.00. The van der Waals surface area contributed by atoms with Gasteiger partial charge in [-0.25, -0.2) is 4.79 Å². The van der Waals surface area contributed by atoms with Crippen LogP contribution in [0.15, 0.2) is 54.6 Å². The van der Waals surface area contributed by atoms with Crippen molar-refractivity contribution in [2.45, 2.75) is 25.3 Å². The second-order valence-corrected chi connectivity index (χ2v) is 5.92. The van der Waals surface area contributed by atoms with Gasteiger partial charge in [0.25, 0.3) is 5.91 Å². The average Bonchev–Trinajstić information content (AvgIpc) is 2.67. The molecule has 0 saturated heterocycles. The van der Waals surface area contributed by atoms with Crippen molar-refractivity contribution in [3.8, 4) is 0 Å². The summed E-state index contributed by atoms with van der Waals surface area (Å²) in [5.41, 5.74) is 6.74. The Morgan fingerprint density at radius 1 is 0.885 bits per heavy atom. The van der Waals surface area contributed by atoms with Gasteiger partial charge in [-0.1, -0.05) is 42.5 Å². The van der Waals surface area contributed by atoms with Crippen LogP contribution in [-0.4, -0.2) is 35.4 Å². The molecular weight excluding hydrogens is 332 g/mol. The van der Waals surface area contributed by atoms with Gasteiger partial charge < -0.3 is 16.2 Å². The lowest BCUT2D eigenvalue weighted by Gasteiger charge is -2.14. The first kappa shape index (κ1) is 19.3. The summed E-state index contributed by atoms with van der Waals surface area (Å²) >= 11 is 0. The van der Waals surface area contributed by atoms with Crippen molar-refractivity contribution in [1.29, 1.82) is 0 Å². The molecule has 2 aromatic carbocycles. The summed E-state index contributed by atoms with van der Waals surface area (Å²) in [6.07, 6.45) is 1.65. The number of benzene rings is 2. The largest absolute Gasteiger partial charge is 0.480 e. The van der Waals surface area contributed by atoms with Crippen LogP contribution in [0.3, 0.4) is 0 Å². The molecule has 2 aromatic rings. The molecule has 0 bridgehead atoms. The number of carboxylic acid groups (broad SMARTS) is 1. The molecule has 0 spiro atoms. The summed E-state index contributed by atoms with van der Waals surface area (Å²) in [5, 5.41) is 11.7. The van der Waals surface area contributed by atoms with Gasteiger partial charge in [0, 0.05) is 16.7 Å². The van der Waals surface area contributed by atoms with Crippen LogP contribution in [0, 0.1) is 0 Å². The van der Waals surface area contributed by atoms with E-state index in [2.05, 4.69) is 5.32 Å². The molecule has 0 radical (unpaired) electrons. The minimum absolute atomic E-state index is 0.136. The first-order chi connectivity index (χ1) is 12.5. The number of amides is 1. The first-order valence-electron chi connectivity index (χ1n) is 8.46. The lowest BCUT2D eigenvalue weighted by atomic mass is 10.0. The van der Waals surface area contributed by atoms with Crippen molar-refractivity contribution in [2.24, 2.45) is 5.73 Å². The van der Waals surface area contributed by atoms with E-state index in [1.165, 1.54) is 12.1 Å². The molecule has 4 N–H and O–H groups in total. The fourth-order valence-electron chi connectivity index (χ4n) is 2.52. The van der Waals surface area contributed by atoms with E-state index < -0.39 is 17.9 Å². The van der Waals surface area contributed by atoms with Crippen molar-refractivity contribution in [3.05, 3.63) is 71.3 Å². The number of nitrogens with two attached hydrogens (primary N) is 1. The number of hydrogen-bond acceptors (Lipinski definition) is 4. The topological polar surface area (TPSA) is 109 Å². The number of hydrogen-bond donors (Lipinski definition) is 3. The highest BCUT2D eigenvalue weighted by molar-refractivity contribution is 6.09. The molecule has 0 aromatic heterocycles. The van der Waals surface area contributed by atoms with Gasteiger partial charge >= 0.3 is 5.97 Å². The number of carbonyl (C=O) groups excluding carboxylic acids is 2. The second kappa shape index (κ2) is 9.48. The van der Waals surface area contributed by atoms with Gasteiger partial charge in [0.15, 0.2) is 5.78 Å². The van der Waals surface area contributed by atoms with E-state index in [4.69, 9.17) is 5.73 Å². The van der Waals surface area contributed by atoms with Crippen LogP contribution in [0.1, 0.15) is 45.5 Å². The number of aliphatic carboxylic acids is 1. The Kier molecular flexibility index (Phi) is 7.05. The Bertz CT molecular complexity index is 757. The fraction of sp³-hybridized carbons (Fsp3) is 0.250. The summed E-state index contributed by atoms with van der Waals surface area (Å²) in [7, 11) is 0. The summed E-state index contributed by atoms with van der Waals surface area (Å²) in [6.45, 7) is 0.483. The minimum Gasteiger partial charge on any atom is -0.480 e. The standard InChI is InChI=1S/C20H22N2O4/c21-13-5-4-8-17(20(25)26)22-19(24)16-11-9-15(10-12-16)18(23)14-6-2-1-3-7-14/h1-3,6-7,9-12,17H,4-5,8,13,21H2,(H,22,24)(H,25,26). The zero-order valence-corrected chi connectivity index (χ0v) is 14.4. The van der Waals surface area contributed by atoms with Crippen LogP contribution >= 0.6 is 0 Å². The Morgan fingerprint density at radius 3 is 2.04 bits per heavy atom. The lowest BCUT2D eigenvalue weighted by molar-refractivity contribution is -0.139. The van der Waals surface area contributed by atoms with Crippen molar-refractivity contribution >= 4 is 17.7 Å². The average molecular weight is 354 g/mol. The molecule has 0 saturated carbocycles. The van der Waals surface area contributed by atoms with Gasteiger partial charge in [-0.3, -0.25) is 9.59 Å². The molecular formula is C20H22N2O4. The molecule has 1 unspecified atom stereocenters. The first-order valence-corrected chi connectivity index (χ1v) is 8.46. The molecule has 6 nitrogen and oxygen atoms in total. The molecule has 1 amide bonds. The molecule has 0 aliphatic heterocycles. The molecule has 0 heterocycles. The fourth-order valence-corrected chi connectivity index (χ4v) is 2.52. The molecule has 6 heteroatoms. The van der Waals surface area contributed by atoms with E-state index >= 15 is 0 Å². The maximum Gasteiger partial charge on any atom is 0.326 e. The van der Waals surface area contributed by atoms with E-state index in [9.17, 15) is 19.5 Å². The Labute approximate surface area is 152 Å². The summed E-state index contributed by atoms with van der Waals surface area (Å²) in [4.78, 5) is 35.9. The van der Waals surface area contributed by atoms with Crippen molar-refractivity contribution in [2.75, 3.05) is 6.54 Å².